The van der Waals surface area contributed by atoms with E-state index in [1.807, 2.05) is 0 Å². The van der Waals surface area contributed by atoms with E-state index in [1.54, 1.807) is 50.2 Å². The second-order valence-corrected chi connectivity index (χ2v) is 9.71. The zero-order valence-electron chi connectivity index (χ0n) is 19.6. The fraction of sp³-hybridized carbons (Fsp3) is 0.417. The minimum atomic E-state index is -3.78. The van der Waals surface area contributed by atoms with E-state index in [4.69, 9.17) is 14.2 Å². The summed E-state index contributed by atoms with van der Waals surface area (Å²) in [6.45, 7) is 4.79. The number of sulfonamides is 1. The fourth-order valence-electron chi connectivity index (χ4n) is 3.68. The number of morpholine rings is 1. The molecule has 9 nitrogen and oxygen atoms in total. The topological polar surface area (TPSA) is 111 Å². The first-order valence-corrected chi connectivity index (χ1v) is 12.5. The molecule has 0 radical (unpaired) electrons. The molecule has 184 valence electrons. The van der Waals surface area contributed by atoms with E-state index < -0.39 is 27.9 Å². The van der Waals surface area contributed by atoms with Crippen LogP contribution < -0.4 is 10.1 Å². The second kappa shape index (κ2) is 11.5. The van der Waals surface area contributed by atoms with Crippen molar-refractivity contribution in [2.75, 3.05) is 40.0 Å². The number of rotatable bonds is 9. The average molecular weight is 491 g/mol. The molecule has 2 aromatic carbocycles. The van der Waals surface area contributed by atoms with Crippen molar-refractivity contribution in [1.29, 1.82) is 0 Å². The van der Waals surface area contributed by atoms with Gasteiger partial charge in [0.2, 0.25) is 10.0 Å². The van der Waals surface area contributed by atoms with Gasteiger partial charge in [0.25, 0.3) is 5.91 Å². The Morgan fingerprint density at radius 2 is 1.88 bits per heavy atom. The highest BCUT2D eigenvalue weighted by atomic mass is 32.2. The minimum absolute atomic E-state index is 0.0744. The minimum Gasteiger partial charge on any atom is -0.497 e. The van der Waals surface area contributed by atoms with Crippen LogP contribution in [0.4, 0.5) is 0 Å². The zero-order chi connectivity index (χ0) is 24.7. The summed E-state index contributed by atoms with van der Waals surface area (Å²) in [4.78, 5) is 25.4. The van der Waals surface area contributed by atoms with Crippen molar-refractivity contribution in [3.8, 4) is 5.75 Å². The van der Waals surface area contributed by atoms with Crippen LogP contribution in [0.15, 0.2) is 47.4 Å². The smallest absolute Gasteiger partial charge is 0.308 e. The SMILES string of the molecule is CCOC(=O)CC(NC(=O)c1ccc(C)c(S(=O)(=O)N2CCOCC2)c1)c1cccc(OC)c1. The summed E-state index contributed by atoms with van der Waals surface area (Å²) < 4.78 is 43.3. The van der Waals surface area contributed by atoms with E-state index in [0.717, 1.165) is 0 Å². The van der Waals surface area contributed by atoms with E-state index in [2.05, 4.69) is 5.32 Å². The van der Waals surface area contributed by atoms with Crippen molar-refractivity contribution in [2.24, 2.45) is 0 Å². The number of carbonyl (C=O) groups is 2. The van der Waals surface area contributed by atoms with E-state index >= 15 is 0 Å². The van der Waals surface area contributed by atoms with Gasteiger partial charge in [0, 0.05) is 18.7 Å². The Balaban J connectivity index is 1.88. The van der Waals surface area contributed by atoms with Crippen LogP contribution in [0.3, 0.4) is 0 Å². The molecule has 0 spiro atoms. The van der Waals surface area contributed by atoms with Crippen molar-refractivity contribution >= 4 is 21.9 Å². The summed E-state index contributed by atoms with van der Waals surface area (Å²) in [5.41, 5.74) is 1.38. The lowest BCUT2D eigenvalue weighted by Crippen LogP contribution is -2.41. The predicted molar refractivity (Wildman–Crippen MR) is 125 cm³/mol. The molecule has 1 aliphatic rings. The van der Waals surface area contributed by atoms with Crippen molar-refractivity contribution in [1.82, 2.24) is 9.62 Å². The third kappa shape index (κ3) is 6.13. The molecule has 3 rings (SSSR count). The predicted octanol–water partition coefficient (Wildman–Crippen LogP) is 2.45. The van der Waals surface area contributed by atoms with Gasteiger partial charge in [-0.2, -0.15) is 4.31 Å². The molecule has 1 unspecified atom stereocenters. The number of ether oxygens (including phenoxy) is 3. The number of amides is 1. The summed E-state index contributed by atoms with van der Waals surface area (Å²) in [6.07, 6.45) is -0.0858. The molecular weight excluding hydrogens is 460 g/mol. The van der Waals surface area contributed by atoms with Crippen molar-refractivity contribution in [2.45, 2.75) is 31.2 Å². The Bertz CT molecular complexity index is 1130. The quantitative estimate of drug-likeness (QED) is 0.538. The molecule has 1 saturated heterocycles. The van der Waals surface area contributed by atoms with Crippen LogP contribution in [0, 0.1) is 6.92 Å². The van der Waals surface area contributed by atoms with Crippen molar-refractivity contribution in [3.63, 3.8) is 0 Å². The summed E-state index contributed by atoms with van der Waals surface area (Å²) in [6, 6.07) is 10.9. The standard InChI is InChI=1S/C24H30N2O7S/c1-4-33-23(27)16-21(18-6-5-7-20(14-18)31-3)25-24(28)19-9-8-17(2)22(15-19)34(29,30)26-10-12-32-13-11-26/h5-9,14-15,21H,4,10-13,16H2,1-3H3,(H,25,28). The molecule has 34 heavy (non-hydrogen) atoms. The first-order chi connectivity index (χ1) is 16.3. The van der Waals surface area contributed by atoms with Crippen LogP contribution in [0.25, 0.3) is 0 Å². The number of esters is 1. The molecule has 1 heterocycles. The molecule has 0 aliphatic carbocycles. The Hall–Kier alpha value is -2.95. The number of nitrogens with zero attached hydrogens (tertiary/aromatic N) is 1. The summed E-state index contributed by atoms with van der Waals surface area (Å²) >= 11 is 0. The molecule has 0 saturated carbocycles. The highest BCUT2D eigenvalue weighted by Crippen LogP contribution is 2.25. The van der Waals surface area contributed by atoms with E-state index in [-0.39, 0.29) is 36.6 Å². The summed E-state index contributed by atoms with van der Waals surface area (Å²) in [5.74, 6) is -0.388. The lowest BCUT2D eigenvalue weighted by molar-refractivity contribution is -0.143. The first-order valence-electron chi connectivity index (χ1n) is 11.0. The highest BCUT2D eigenvalue weighted by Gasteiger charge is 2.29. The summed E-state index contributed by atoms with van der Waals surface area (Å²) in [7, 11) is -2.25. The maximum Gasteiger partial charge on any atom is 0.308 e. The number of benzene rings is 2. The van der Waals surface area contributed by atoms with E-state index in [9.17, 15) is 18.0 Å². The Morgan fingerprint density at radius 3 is 2.56 bits per heavy atom. The molecule has 2 aromatic rings. The van der Waals surface area contributed by atoms with Crippen molar-refractivity contribution in [3.05, 3.63) is 59.2 Å². The third-order valence-corrected chi connectivity index (χ3v) is 7.56. The van der Waals surface area contributed by atoms with Crippen LogP contribution in [0.1, 0.15) is 40.9 Å². The van der Waals surface area contributed by atoms with Crippen LogP contribution >= 0.6 is 0 Å². The van der Waals surface area contributed by atoms with Gasteiger partial charge in [-0.05, 0) is 49.2 Å². The molecular formula is C24H30N2O7S. The average Bonchev–Trinajstić information content (AvgIpc) is 2.84. The Labute approximate surface area is 200 Å². The molecule has 1 atom stereocenters. The first kappa shape index (κ1) is 25.7. The molecule has 0 aromatic heterocycles. The molecule has 10 heteroatoms. The molecule has 1 amide bonds. The monoisotopic (exact) mass is 490 g/mol. The van der Waals surface area contributed by atoms with Crippen LogP contribution in [-0.2, 0) is 24.3 Å². The maximum absolute atomic E-state index is 13.2. The number of nitrogens with one attached hydrogen (secondary N) is 1. The highest BCUT2D eigenvalue weighted by molar-refractivity contribution is 7.89. The zero-order valence-corrected chi connectivity index (χ0v) is 20.4. The van der Waals surface area contributed by atoms with Gasteiger partial charge >= 0.3 is 5.97 Å². The number of methoxy groups -OCH3 is 1. The maximum atomic E-state index is 13.2. The molecule has 1 N–H and O–H groups in total. The van der Waals surface area contributed by atoms with Crippen LogP contribution in [0.5, 0.6) is 5.75 Å². The third-order valence-electron chi connectivity index (χ3n) is 5.52. The van der Waals surface area contributed by atoms with Crippen molar-refractivity contribution < 1.29 is 32.2 Å². The number of aryl methyl sites for hydroxylation is 1. The number of carbonyl (C=O) groups excluding carboxylic acids is 2. The number of hydrogen-bond donors (Lipinski definition) is 1. The molecule has 1 aliphatic heterocycles. The van der Waals surface area contributed by atoms with Gasteiger partial charge in [-0.3, -0.25) is 9.59 Å². The van der Waals surface area contributed by atoms with Gasteiger partial charge in [-0.15, -0.1) is 0 Å². The van der Waals surface area contributed by atoms with Crippen LogP contribution in [0.2, 0.25) is 0 Å². The van der Waals surface area contributed by atoms with E-state index in [0.29, 0.717) is 30.1 Å². The van der Waals surface area contributed by atoms with Crippen LogP contribution in [-0.4, -0.2) is 64.6 Å². The normalized spacial score (nSPS) is 15.4. The molecule has 0 bridgehead atoms. The van der Waals surface area contributed by atoms with Gasteiger partial charge in [0.05, 0.1) is 44.3 Å². The second-order valence-electron chi connectivity index (χ2n) is 7.81. The number of hydrogen-bond acceptors (Lipinski definition) is 7. The Kier molecular flexibility index (Phi) is 8.65. The summed E-state index contributed by atoms with van der Waals surface area (Å²) in [5, 5.41) is 2.84. The lowest BCUT2D eigenvalue weighted by Gasteiger charge is -2.27. The van der Waals surface area contributed by atoms with Gasteiger partial charge in [-0.25, -0.2) is 8.42 Å². The Morgan fingerprint density at radius 1 is 1.15 bits per heavy atom. The van der Waals surface area contributed by atoms with Gasteiger partial charge in [0.1, 0.15) is 5.75 Å². The van der Waals surface area contributed by atoms with E-state index in [1.165, 1.54) is 17.5 Å². The van der Waals surface area contributed by atoms with Gasteiger partial charge < -0.3 is 19.5 Å². The lowest BCUT2D eigenvalue weighted by atomic mass is 10.0. The molecule has 1 fully saturated rings. The van der Waals surface area contributed by atoms with Gasteiger partial charge in [-0.1, -0.05) is 18.2 Å². The fourth-order valence-corrected chi connectivity index (χ4v) is 5.34. The van der Waals surface area contributed by atoms with Gasteiger partial charge in [0.15, 0.2) is 0 Å². The largest absolute Gasteiger partial charge is 0.497 e.